The Bertz CT molecular complexity index is 1560. The van der Waals surface area contributed by atoms with Gasteiger partial charge in [0.15, 0.2) is 17.0 Å². The number of likely N-dealkylation sites (tertiary alicyclic amines) is 1. The van der Waals surface area contributed by atoms with E-state index in [-0.39, 0.29) is 29.0 Å². The van der Waals surface area contributed by atoms with Crippen LogP contribution in [0, 0.1) is 11.2 Å². The van der Waals surface area contributed by atoms with Gasteiger partial charge in [0.05, 0.1) is 11.7 Å². The topological polar surface area (TPSA) is 127 Å². The van der Waals surface area contributed by atoms with Crippen molar-refractivity contribution in [2.75, 3.05) is 26.7 Å². The molecule has 0 saturated carbocycles. The molecule has 1 saturated heterocycles. The maximum Gasteiger partial charge on any atom is 0.419 e. The third-order valence-corrected chi connectivity index (χ3v) is 7.07. The highest BCUT2D eigenvalue weighted by molar-refractivity contribution is 5.98. The fourth-order valence-electron chi connectivity index (χ4n) is 4.49. The van der Waals surface area contributed by atoms with E-state index in [9.17, 15) is 18.8 Å². The Hall–Kier alpha value is -4.06. The Labute approximate surface area is 211 Å². The van der Waals surface area contributed by atoms with Gasteiger partial charge in [0.2, 0.25) is 0 Å². The SMILES string of the molecule is CN1CCC(C)(CNC(=O)c2cc(C(=O)NCc3ccc4oc(=O)n(C)c4c3)nc3c(F)cnn23)CC1. The van der Waals surface area contributed by atoms with Crippen LogP contribution in [0.2, 0.25) is 0 Å². The molecule has 0 unspecified atom stereocenters. The van der Waals surface area contributed by atoms with Crippen LogP contribution in [0.15, 0.2) is 39.7 Å². The van der Waals surface area contributed by atoms with E-state index in [0.717, 1.165) is 42.2 Å². The van der Waals surface area contributed by atoms with E-state index in [4.69, 9.17) is 4.42 Å². The molecular formula is C25H28FN7O4. The number of amides is 2. The van der Waals surface area contributed by atoms with Gasteiger partial charge in [0.1, 0.15) is 11.4 Å². The van der Waals surface area contributed by atoms with Crippen LogP contribution in [0.5, 0.6) is 0 Å². The monoisotopic (exact) mass is 509 g/mol. The number of hydrogen-bond donors (Lipinski definition) is 2. The smallest absolute Gasteiger partial charge is 0.408 e. The number of carbonyl (C=O) groups excluding carboxylic acids is 2. The fourth-order valence-corrected chi connectivity index (χ4v) is 4.49. The Balaban J connectivity index is 1.34. The van der Waals surface area contributed by atoms with Gasteiger partial charge in [-0.25, -0.2) is 18.7 Å². The standard InChI is InChI=1S/C25H28FN7O4/c1-25(6-8-31(2)9-7-25)14-28-23(35)19-11-17(30-21-16(26)13-29-33(19)21)22(34)27-12-15-4-5-20-18(10-15)32(3)24(36)37-20/h4-5,10-11,13H,6-9,12,14H2,1-3H3,(H,27,34)(H,28,35). The number of hydrogen-bond acceptors (Lipinski definition) is 7. The fraction of sp³-hybridized carbons (Fsp3) is 0.400. The first-order chi connectivity index (χ1) is 17.6. The van der Waals surface area contributed by atoms with Gasteiger partial charge in [-0.3, -0.25) is 14.2 Å². The summed E-state index contributed by atoms with van der Waals surface area (Å²) in [4.78, 5) is 44.1. The molecule has 2 amide bonds. The summed E-state index contributed by atoms with van der Waals surface area (Å²) in [7, 11) is 3.66. The van der Waals surface area contributed by atoms with Gasteiger partial charge in [0, 0.05) is 26.2 Å². The summed E-state index contributed by atoms with van der Waals surface area (Å²) >= 11 is 0. The molecule has 12 heteroatoms. The van der Waals surface area contributed by atoms with Crippen molar-refractivity contribution in [3.05, 3.63) is 63.8 Å². The number of carbonyl (C=O) groups is 2. The summed E-state index contributed by atoms with van der Waals surface area (Å²) in [5.74, 6) is -2.26. The van der Waals surface area contributed by atoms with E-state index in [1.54, 1.807) is 25.2 Å². The number of piperidine rings is 1. The number of oxazole rings is 1. The first-order valence-corrected chi connectivity index (χ1v) is 12.0. The molecule has 3 aromatic heterocycles. The van der Waals surface area contributed by atoms with Crippen LogP contribution in [0.1, 0.15) is 46.3 Å². The Morgan fingerprint density at radius 2 is 1.89 bits per heavy atom. The number of benzene rings is 1. The Morgan fingerprint density at radius 3 is 2.65 bits per heavy atom. The van der Waals surface area contributed by atoms with Crippen molar-refractivity contribution in [3.8, 4) is 0 Å². The average molecular weight is 510 g/mol. The predicted octanol–water partition coefficient (Wildman–Crippen LogP) is 1.70. The molecule has 5 rings (SSSR count). The molecule has 11 nitrogen and oxygen atoms in total. The molecule has 0 atom stereocenters. The molecule has 0 spiro atoms. The molecule has 1 fully saturated rings. The predicted molar refractivity (Wildman–Crippen MR) is 133 cm³/mol. The third kappa shape index (κ3) is 4.84. The first kappa shape index (κ1) is 24.6. The highest BCUT2D eigenvalue weighted by Gasteiger charge is 2.30. The summed E-state index contributed by atoms with van der Waals surface area (Å²) in [6.07, 6.45) is 2.85. The lowest BCUT2D eigenvalue weighted by Gasteiger charge is -2.37. The van der Waals surface area contributed by atoms with E-state index >= 15 is 0 Å². The highest BCUT2D eigenvalue weighted by Crippen LogP contribution is 2.29. The molecule has 0 aliphatic carbocycles. The number of aromatic nitrogens is 4. The zero-order chi connectivity index (χ0) is 26.3. The minimum Gasteiger partial charge on any atom is -0.408 e. The van der Waals surface area contributed by atoms with Gasteiger partial charge in [-0.1, -0.05) is 13.0 Å². The van der Waals surface area contributed by atoms with E-state index in [0.29, 0.717) is 17.6 Å². The normalized spacial score (nSPS) is 15.8. The summed E-state index contributed by atoms with van der Waals surface area (Å²) < 4.78 is 22.0. The largest absolute Gasteiger partial charge is 0.419 e. The van der Waals surface area contributed by atoms with Gasteiger partial charge in [-0.05, 0) is 56.1 Å². The first-order valence-electron chi connectivity index (χ1n) is 12.0. The summed E-state index contributed by atoms with van der Waals surface area (Å²) in [5.41, 5.74) is 1.40. The van der Waals surface area contributed by atoms with E-state index in [2.05, 4.69) is 39.6 Å². The molecule has 2 N–H and O–H groups in total. The van der Waals surface area contributed by atoms with Crippen LogP contribution in [-0.2, 0) is 13.6 Å². The third-order valence-electron chi connectivity index (χ3n) is 7.07. The van der Waals surface area contributed by atoms with Crippen molar-refractivity contribution in [1.29, 1.82) is 0 Å². The second-order valence-corrected chi connectivity index (χ2v) is 9.96. The summed E-state index contributed by atoms with van der Waals surface area (Å²) in [6.45, 7) is 4.60. The maximum atomic E-state index is 14.4. The van der Waals surface area contributed by atoms with Crippen molar-refractivity contribution in [2.24, 2.45) is 12.5 Å². The second-order valence-electron chi connectivity index (χ2n) is 9.96. The minimum absolute atomic E-state index is 0.0189. The van der Waals surface area contributed by atoms with Crippen LogP contribution < -0.4 is 16.4 Å². The molecule has 1 aliphatic heterocycles. The second kappa shape index (κ2) is 9.43. The van der Waals surface area contributed by atoms with Gasteiger partial charge in [-0.15, -0.1) is 0 Å². The highest BCUT2D eigenvalue weighted by atomic mass is 19.1. The van der Waals surface area contributed by atoms with Gasteiger partial charge < -0.3 is 20.0 Å². The zero-order valence-corrected chi connectivity index (χ0v) is 20.9. The average Bonchev–Trinajstić information content (AvgIpc) is 3.41. The number of rotatable bonds is 6. The van der Waals surface area contributed by atoms with Crippen LogP contribution in [0.25, 0.3) is 16.7 Å². The Kier molecular flexibility index (Phi) is 6.28. The van der Waals surface area contributed by atoms with E-state index in [1.165, 1.54) is 10.6 Å². The molecule has 0 radical (unpaired) electrons. The molecular weight excluding hydrogens is 481 g/mol. The molecule has 1 aliphatic rings. The van der Waals surface area contributed by atoms with Crippen molar-refractivity contribution in [2.45, 2.75) is 26.3 Å². The lowest BCUT2D eigenvalue weighted by Crippen LogP contribution is -2.43. The van der Waals surface area contributed by atoms with E-state index in [1.807, 2.05) is 0 Å². The van der Waals surface area contributed by atoms with Crippen LogP contribution in [0.4, 0.5) is 4.39 Å². The Morgan fingerprint density at radius 1 is 1.14 bits per heavy atom. The quantitative estimate of drug-likeness (QED) is 0.405. The van der Waals surface area contributed by atoms with E-state index < -0.39 is 23.4 Å². The van der Waals surface area contributed by atoms with Crippen molar-refractivity contribution >= 4 is 28.6 Å². The summed E-state index contributed by atoms with van der Waals surface area (Å²) in [5, 5.41) is 9.61. The lowest BCUT2D eigenvalue weighted by molar-refractivity contribution is 0.0884. The molecule has 37 heavy (non-hydrogen) atoms. The summed E-state index contributed by atoms with van der Waals surface area (Å²) in [6, 6.07) is 6.42. The van der Waals surface area contributed by atoms with Gasteiger partial charge >= 0.3 is 5.76 Å². The number of aryl methyl sites for hydroxylation is 1. The van der Waals surface area contributed by atoms with Crippen molar-refractivity contribution in [3.63, 3.8) is 0 Å². The van der Waals surface area contributed by atoms with Crippen LogP contribution in [-0.4, -0.2) is 62.6 Å². The zero-order valence-electron chi connectivity index (χ0n) is 20.9. The number of halogens is 1. The molecule has 0 bridgehead atoms. The van der Waals surface area contributed by atoms with Gasteiger partial charge in [-0.2, -0.15) is 5.10 Å². The van der Waals surface area contributed by atoms with Crippen LogP contribution in [0.3, 0.4) is 0 Å². The molecule has 4 heterocycles. The number of nitrogens with zero attached hydrogens (tertiary/aromatic N) is 5. The van der Waals surface area contributed by atoms with Crippen LogP contribution >= 0.6 is 0 Å². The molecule has 4 aromatic rings. The van der Waals surface area contributed by atoms with Crippen molar-refractivity contribution in [1.82, 2.24) is 34.7 Å². The maximum absolute atomic E-state index is 14.4. The lowest BCUT2D eigenvalue weighted by atomic mass is 9.80. The number of fused-ring (bicyclic) bond motifs is 2. The molecule has 1 aromatic carbocycles. The number of nitrogens with one attached hydrogen (secondary N) is 2. The molecule has 194 valence electrons. The van der Waals surface area contributed by atoms with Crippen molar-refractivity contribution < 1.29 is 18.4 Å². The van der Waals surface area contributed by atoms with Gasteiger partial charge in [0.25, 0.3) is 11.8 Å². The minimum atomic E-state index is -0.739.